The molecule has 0 spiro atoms. The van der Waals surface area contributed by atoms with Gasteiger partial charge in [0, 0.05) is 22.3 Å². The monoisotopic (exact) mass is 315 g/mol. The van der Waals surface area contributed by atoms with Gasteiger partial charge < -0.3 is 4.74 Å². The van der Waals surface area contributed by atoms with Crippen LogP contribution in [0.5, 0.6) is 0 Å². The van der Waals surface area contributed by atoms with Gasteiger partial charge in [-0.15, -0.1) is 0 Å². The molecule has 0 aliphatic carbocycles. The molecule has 108 valence electrons. The third-order valence-electron chi connectivity index (χ3n) is 2.53. The number of nitrogens with zero attached hydrogens (tertiary/aromatic N) is 1. The van der Waals surface area contributed by atoms with Crippen LogP contribution in [-0.2, 0) is 13.8 Å². The summed E-state index contributed by atoms with van der Waals surface area (Å²) >= 11 is 0. The second-order valence-corrected chi connectivity index (χ2v) is 7.89. The van der Waals surface area contributed by atoms with Crippen LogP contribution < -0.4 is 0 Å². The van der Waals surface area contributed by atoms with Gasteiger partial charge in [-0.1, -0.05) is 0 Å². The Morgan fingerprint density at radius 2 is 1.90 bits per heavy atom. The maximum Gasteiger partial charge on any atom is 0.418 e. The molecule has 20 heavy (non-hydrogen) atoms. The molecule has 0 amide bonds. The highest BCUT2D eigenvalue weighted by Crippen LogP contribution is 2.23. The van der Waals surface area contributed by atoms with Crippen LogP contribution in [0.25, 0.3) is 10.9 Å². The van der Waals surface area contributed by atoms with Crippen LogP contribution in [0.1, 0.15) is 20.8 Å². The molecular formula is C13H14ClNO4S. The molecule has 5 nitrogen and oxygen atoms in total. The summed E-state index contributed by atoms with van der Waals surface area (Å²) in [5.41, 5.74) is -0.0454. The molecule has 0 aliphatic rings. The maximum atomic E-state index is 12.0. The number of benzene rings is 1. The van der Waals surface area contributed by atoms with Crippen molar-refractivity contribution in [2.24, 2.45) is 0 Å². The van der Waals surface area contributed by atoms with Gasteiger partial charge in [0.05, 0.1) is 10.4 Å². The lowest BCUT2D eigenvalue weighted by Gasteiger charge is -2.19. The van der Waals surface area contributed by atoms with Crippen molar-refractivity contribution in [2.75, 3.05) is 0 Å². The van der Waals surface area contributed by atoms with Crippen molar-refractivity contribution in [3.8, 4) is 0 Å². The molecule has 0 saturated carbocycles. The molecule has 0 aliphatic heterocycles. The van der Waals surface area contributed by atoms with Crippen molar-refractivity contribution in [1.29, 1.82) is 0 Å². The summed E-state index contributed by atoms with van der Waals surface area (Å²) in [5.74, 6) is 0. The summed E-state index contributed by atoms with van der Waals surface area (Å²) in [7, 11) is 1.50. The number of ether oxygens (including phenoxy) is 1. The number of carbonyl (C=O) groups excluding carboxylic acids is 1. The second-order valence-electron chi connectivity index (χ2n) is 5.32. The normalized spacial score (nSPS) is 12.6. The van der Waals surface area contributed by atoms with Crippen molar-refractivity contribution in [2.45, 2.75) is 31.3 Å². The van der Waals surface area contributed by atoms with Crippen LogP contribution in [0.4, 0.5) is 4.79 Å². The number of hydrogen-bond acceptors (Lipinski definition) is 4. The van der Waals surface area contributed by atoms with E-state index in [-0.39, 0.29) is 4.90 Å². The second kappa shape index (κ2) is 4.79. The van der Waals surface area contributed by atoms with Gasteiger partial charge in [-0.3, -0.25) is 4.57 Å². The summed E-state index contributed by atoms with van der Waals surface area (Å²) in [6.07, 6.45) is 1.01. The van der Waals surface area contributed by atoms with E-state index in [4.69, 9.17) is 15.4 Å². The van der Waals surface area contributed by atoms with Crippen molar-refractivity contribution in [3.63, 3.8) is 0 Å². The first kappa shape index (κ1) is 14.9. The standard InChI is InChI=1S/C13H14ClNO4S/c1-13(2,3)19-12(16)15-7-6-9-8-10(20(14,17)18)4-5-11(9)15/h4-8H,1-3H3. The minimum Gasteiger partial charge on any atom is -0.443 e. The van der Waals surface area contributed by atoms with Gasteiger partial charge >= 0.3 is 6.09 Å². The van der Waals surface area contributed by atoms with Crippen LogP contribution in [0.2, 0.25) is 0 Å². The molecule has 1 aromatic carbocycles. The Morgan fingerprint density at radius 3 is 2.45 bits per heavy atom. The van der Waals surface area contributed by atoms with Gasteiger partial charge in [-0.2, -0.15) is 0 Å². The van der Waals surface area contributed by atoms with Gasteiger partial charge in [-0.25, -0.2) is 13.2 Å². The lowest BCUT2D eigenvalue weighted by atomic mass is 10.2. The number of rotatable bonds is 1. The first-order valence-corrected chi connectivity index (χ1v) is 8.18. The highest BCUT2D eigenvalue weighted by atomic mass is 35.7. The molecule has 0 N–H and O–H groups in total. The number of hydrogen-bond donors (Lipinski definition) is 0. The molecule has 2 rings (SSSR count). The summed E-state index contributed by atoms with van der Waals surface area (Å²) in [6.45, 7) is 5.32. The lowest BCUT2D eigenvalue weighted by Crippen LogP contribution is -2.26. The van der Waals surface area contributed by atoms with E-state index in [1.54, 1.807) is 26.8 Å². The minimum atomic E-state index is -3.79. The average Bonchev–Trinajstić information content (AvgIpc) is 2.67. The van der Waals surface area contributed by atoms with E-state index in [1.807, 2.05) is 0 Å². The van der Waals surface area contributed by atoms with E-state index >= 15 is 0 Å². The number of halogens is 1. The predicted molar refractivity (Wildman–Crippen MR) is 76.6 cm³/mol. The van der Waals surface area contributed by atoms with Crippen molar-refractivity contribution in [3.05, 3.63) is 30.5 Å². The molecule has 0 bridgehead atoms. The van der Waals surface area contributed by atoms with Crippen LogP contribution >= 0.6 is 10.7 Å². The third-order valence-corrected chi connectivity index (χ3v) is 3.88. The lowest BCUT2D eigenvalue weighted by molar-refractivity contribution is 0.0544. The van der Waals surface area contributed by atoms with Crippen molar-refractivity contribution in [1.82, 2.24) is 4.57 Å². The topological polar surface area (TPSA) is 65.4 Å². The predicted octanol–water partition coefficient (Wildman–Crippen LogP) is 3.35. The molecule has 0 saturated heterocycles. The zero-order valence-electron chi connectivity index (χ0n) is 11.3. The zero-order chi connectivity index (χ0) is 15.1. The molecule has 0 unspecified atom stereocenters. The Labute approximate surface area is 121 Å². The summed E-state index contributed by atoms with van der Waals surface area (Å²) in [5, 5.41) is 0.595. The molecule has 1 aromatic heterocycles. The molecule has 0 radical (unpaired) electrons. The Kier molecular flexibility index (Phi) is 3.56. The maximum absolute atomic E-state index is 12.0. The van der Waals surface area contributed by atoms with Crippen LogP contribution in [0.3, 0.4) is 0 Å². The van der Waals surface area contributed by atoms with Crippen LogP contribution in [0, 0.1) is 0 Å². The Morgan fingerprint density at radius 1 is 1.25 bits per heavy atom. The highest BCUT2D eigenvalue weighted by molar-refractivity contribution is 8.13. The Bertz CT molecular complexity index is 771. The van der Waals surface area contributed by atoms with Gasteiger partial charge in [-0.05, 0) is 45.0 Å². The average molecular weight is 316 g/mol. The first-order chi connectivity index (χ1) is 9.08. The molecule has 7 heteroatoms. The largest absolute Gasteiger partial charge is 0.443 e. The number of fused-ring (bicyclic) bond motifs is 1. The molecule has 1 heterocycles. The first-order valence-electron chi connectivity index (χ1n) is 5.87. The fourth-order valence-electron chi connectivity index (χ4n) is 1.74. The zero-order valence-corrected chi connectivity index (χ0v) is 12.8. The van der Waals surface area contributed by atoms with E-state index in [2.05, 4.69) is 0 Å². The van der Waals surface area contributed by atoms with E-state index in [1.165, 1.54) is 29.0 Å². The smallest absolute Gasteiger partial charge is 0.418 e. The molecular weight excluding hydrogens is 302 g/mol. The van der Waals surface area contributed by atoms with Crippen LogP contribution in [0.15, 0.2) is 35.4 Å². The van der Waals surface area contributed by atoms with E-state index in [0.29, 0.717) is 10.9 Å². The highest BCUT2D eigenvalue weighted by Gasteiger charge is 2.19. The fraction of sp³-hybridized carbons (Fsp3) is 0.308. The van der Waals surface area contributed by atoms with Crippen molar-refractivity contribution >= 4 is 36.7 Å². The molecule has 0 atom stereocenters. The van der Waals surface area contributed by atoms with E-state index < -0.39 is 20.7 Å². The summed E-state index contributed by atoms with van der Waals surface area (Å²) in [4.78, 5) is 12.0. The third kappa shape index (κ3) is 3.13. The van der Waals surface area contributed by atoms with Gasteiger partial charge in [0.15, 0.2) is 0 Å². The molecule has 0 fully saturated rings. The minimum absolute atomic E-state index is 0.00592. The van der Waals surface area contributed by atoms with E-state index in [0.717, 1.165) is 0 Å². The van der Waals surface area contributed by atoms with Gasteiger partial charge in [0.25, 0.3) is 9.05 Å². The summed E-state index contributed by atoms with van der Waals surface area (Å²) in [6, 6.07) is 5.92. The summed E-state index contributed by atoms with van der Waals surface area (Å²) < 4.78 is 29.1. The SMILES string of the molecule is CC(C)(C)OC(=O)n1ccc2cc(S(=O)(=O)Cl)ccc21. The van der Waals surface area contributed by atoms with Gasteiger partial charge in [0.2, 0.25) is 0 Å². The van der Waals surface area contributed by atoms with E-state index in [9.17, 15) is 13.2 Å². The fourth-order valence-corrected chi connectivity index (χ4v) is 2.53. The number of aromatic nitrogens is 1. The number of carbonyl (C=O) groups is 1. The quantitative estimate of drug-likeness (QED) is 0.757. The van der Waals surface area contributed by atoms with Crippen molar-refractivity contribution < 1.29 is 17.9 Å². The Hall–Kier alpha value is -1.53. The molecule has 2 aromatic rings. The van der Waals surface area contributed by atoms with Crippen LogP contribution in [-0.4, -0.2) is 24.7 Å². The Balaban J connectivity index is 2.46. The van der Waals surface area contributed by atoms with Gasteiger partial charge in [0.1, 0.15) is 5.60 Å².